The fraction of sp³-hybridized carbons (Fsp3) is 0.391. The number of nitrogens with zero attached hydrogens (tertiary/aromatic N) is 2. The number of aryl methyl sites for hydroxylation is 2. The predicted molar refractivity (Wildman–Crippen MR) is 110 cm³/mol. The quantitative estimate of drug-likeness (QED) is 0.895. The van der Waals surface area contributed by atoms with Crippen molar-refractivity contribution in [1.29, 1.82) is 0 Å². The molecule has 0 radical (unpaired) electrons. The van der Waals surface area contributed by atoms with Crippen molar-refractivity contribution in [3.63, 3.8) is 0 Å². The highest BCUT2D eigenvalue weighted by atomic mass is 16.2. The lowest BCUT2D eigenvalue weighted by atomic mass is 10.0. The molecule has 1 unspecified atom stereocenters. The number of likely N-dealkylation sites (tertiary alicyclic amines) is 1. The largest absolute Gasteiger partial charge is 0.317 e. The summed E-state index contributed by atoms with van der Waals surface area (Å²) in [6.45, 7) is 9.44. The van der Waals surface area contributed by atoms with E-state index in [0.717, 1.165) is 53.7 Å². The maximum absolute atomic E-state index is 13.3. The molecule has 2 heterocycles. The van der Waals surface area contributed by atoms with Crippen LogP contribution in [0, 0.1) is 19.8 Å². The van der Waals surface area contributed by atoms with Gasteiger partial charge in [-0.2, -0.15) is 0 Å². The molecular formula is C23H28N3O+. The van der Waals surface area contributed by atoms with E-state index in [0.29, 0.717) is 5.71 Å². The Morgan fingerprint density at radius 3 is 2.63 bits per heavy atom. The first-order valence-corrected chi connectivity index (χ1v) is 9.93. The summed E-state index contributed by atoms with van der Waals surface area (Å²) in [6, 6.07) is 14.3. The molecule has 1 saturated heterocycles. The lowest BCUT2D eigenvalue weighted by Crippen LogP contribution is -3.15. The molecule has 2 aromatic carbocycles. The van der Waals surface area contributed by atoms with Crippen LogP contribution in [0.2, 0.25) is 0 Å². The van der Waals surface area contributed by atoms with Crippen LogP contribution in [-0.2, 0) is 4.79 Å². The van der Waals surface area contributed by atoms with Gasteiger partial charge in [0, 0.05) is 11.5 Å². The number of piperidine rings is 1. The number of carbonyl (C=O) groups is 1. The highest BCUT2D eigenvalue weighted by Crippen LogP contribution is 2.30. The van der Waals surface area contributed by atoms with E-state index in [1.165, 1.54) is 17.7 Å². The third kappa shape index (κ3) is 3.67. The fourth-order valence-electron chi connectivity index (χ4n) is 4.44. The molecule has 1 fully saturated rings. The number of para-hydroxylation sites is 1. The minimum atomic E-state index is 0.0288. The summed E-state index contributed by atoms with van der Waals surface area (Å²) in [4.78, 5) is 21.5. The molecule has 2 aliphatic heterocycles. The van der Waals surface area contributed by atoms with Crippen molar-refractivity contribution in [3.05, 3.63) is 59.2 Å². The van der Waals surface area contributed by atoms with Crippen LogP contribution in [0.4, 0.5) is 11.4 Å². The summed E-state index contributed by atoms with van der Waals surface area (Å²) >= 11 is 0. The van der Waals surface area contributed by atoms with Crippen molar-refractivity contribution in [2.45, 2.75) is 33.6 Å². The van der Waals surface area contributed by atoms with Gasteiger partial charge < -0.3 is 4.90 Å². The Balaban J connectivity index is 1.68. The number of carbonyl (C=O) groups excluding carboxylic acids is 1. The van der Waals surface area contributed by atoms with Crippen molar-refractivity contribution in [2.75, 3.05) is 24.7 Å². The second-order valence-corrected chi connectivity index (χ2v) is 8.17. The second kappa shape index (κ2) is 7.28. The molecular weight excluding hydrogens is 334 g/mol. The summed E-state index contributed by atoms with van der Waals surface area (Å²) in [7, 11) is 0. The molecule has 0 bridgehead atoms. The fourth-order valence-corrected chi connectivity index (χ4v) is 4.44. The third-order valence-electron chi connectivity index (χ3n) is 5.59. The average Bonchev–Trinajstić information content (AvgIpc) is 2.87. The number of benzene rings is 2. The van der Waals surface area contributed by atoms with Crippen molar-refractivity contribution in [1.82, 2.24) is 0 Å². The van der Waals surface area contributed by atoms with Gasteiger partial charge in [-0.3, -0.25) is 9.69 Å². The number of hydrogen-bond acceptors (Lipinski definition) is 2. The van der Waals surface area contributed by atoms with Crippen LogP contribution in [0.5, 0.6) is 0 Å². The molecule has 27 heavy (non-hydrogen) atoms. The highest BCUT2D eigenvalue weighted by molar-refractivity contribution is 6.54. The van der Waals surface area contributed by atoms with Crippen LogP contribution in [0.25, 0.3) is 0 Å². The summed E-state index contributed by atoms with van der Waals surface area (Å²) in [6.07, 6.45) is 2.54. The molecule has 2 aromatic rings. The SMILES string of the molecule is Cc1cc(C)cc(N=C2C(=O)N(C[NH+]3CCC[C@@H](C)C3)c3ccccc32)c1. The van der Waals surface area contributed by atoms with Gasteiger partial charge in [-0.25, -0.2) is 4.99 Å². The molecule has 4 rings (SSSR count). The van der Waals surface area contributed by atoms with Gasteiger partial charge in [0.2, 0.25) is 0 Å². The van der Waals surface area contributed by atoms with Crippen LogP contribution < -0.4 is 9.80 Å². The number of amides is 1. The smallest absolute Gasteiger partial charge is 0.281 e. The minimum absolute atomic E-state index is 0.0288. The number of anilines is 1. The first kappa shape index (κ1) is 17.9. The Kier molecular flexibility index (Phi) is 4.83. The van der Waals surface area contributed by atoms with E-state index in [-0.39, 0.29) is 5.91 Å². The van der Waals surface area contributed by atoms with Gasteiger partial charge in [-0.05, 0) is 56.0 Å². The standard InChI is InChI=1S/C23H27N3O/c1-16-7-6-10-25(14-16)15-26-21-9-5-4-8-20(21)22(23(26)27)24-19-12-17(2)11-18(3)13-19/h4-5,8-9,11-13,16H,6-7,10,14-15H2,1-3H3/p+1/t16-/m1/s1. The van der Waals surface area contributed by atoms with Crippen molar-refractivity contribution >= 4 is 23.0 Å². The zero-order valence-corrected chi connectivity index (χ0v) is 16.5. The van der Waals surface area contributed by atoms with Crippen LogP contribution >= 0.6 is 0 Å². The van der Waals surface area contributed by atoms with Crippen LogP contribution in [0.3, 0.4) is 0 Å². The van der Waals surface area contributed by atoms with E-state index in [1.807, 2.05) is 41.3 Å². The Morgan fingerprint density at radius 1 is 1.15 bits per heavy atom. The molecule has 0 aromatic heterocycles. The zero-order valence-electron chi connectivity index (χ0n) is 16.5. The van der Waals surface area contributed by atoms with Gasteiger partial charge in [0.25, 0.3) is 5.91 Å². The lowest BCUT2D eigenvalue weighted by molar-refractivity contribution is -0.907. The Morgan fingerprint density at radius 2 is 1.89 bits per heavy atom. The Labute approximate surface area is 161 Å². The molecule has 140 valence electrons. The van der Waals surface area contributed by atoms with E-state index in [1.54, 1.807) is 0 Å². The maximum Gasteiger partial charge on any atom is 0.281 e. The number of rotatable bonds is 3. The van der Waals surface area contributed by atoms with Gasteiger partial charge in [0.1, 0.15) is 5.71 Å². The highest BCUT2D eigenvalue weighted by Gasteiger charge is 2.36. The molecule has 2 atom stereocenters. The van der Waals surface area contributed by atoms with E-state index >= 15 is 0 Å². The molecule has 4 nitrogen and oxygen atoms in total. The van der Waals surface area contributed by atoms with Crippen molar-refractivity contribution in [2.24, 2.45) is 10.9 Å². The third-order valence-corrected chi connectivity index (χ3v) is 5.59. The number of hydrogen-bond donors (Lipinski definition) is 1. The van der Waals surface area contributed by atoms with Gasteiger partial charge in [0.15, 0.2) is 6.67 Å². The van der Waals surface area contributed by atoms with E-state index in [4.69, 9.17) is 4.99 Å². The van der Waals surface area contributed by atoms with Gasteiger partial charge in [0.05, 0.1) is 24.5 Å². The molecule has 0 aliphatic carbocycles. The van der Waals surface area contributed by atoms with Crippen LogP contribution in [-0.4, -0.2) is 31.4 Å². The number of nitrogens with one attached hydrogen (secondary N) is 1. The molecule has 1 amide bonds. The number of aliphatic imine (C=N–C) groups is 1. The molecule has 1 N–H and O–H groups in total. The average molecular weight is 362 g/mol. The summed E-state index contributed by atoms with van der Waals surface area (Å²) in [5.41, 5.74) is 5.70. The number of quaternary nitrogens is 1. The maximum atomic E-state index is 13.3. The first-order chi connectivity index (χ1) is 13.0. The molecule has 0 saturated carbocycles. The van der Waals surface area contributed by atoms with Gasteiger partial charge >= 0.3 is 0 Å². The monoisotopic (exact) mass is 362 g/mol. The Bertz CT molecular complexity index is 882. The molecule has 2 aliphatic rings. The van der Waals surface area contributed by atoms with Gasteiger partial charge in [-0.1, -0.05) is 31.2 Å². The normalized spacial score (nSPS) is 23.7. The van der Waals surface area contributed by atoms with E-state index < -0.39 is 0 Å². The minimum Gasteiger partial charge on any atom is -0.317 e. The summed E-state index contributed by atoms with van der Waals surface area (Å²) in [5.74, 6) is 0.756. The molecule has 4 heteroatoms. The summed E-state index contributed by atoms with van der Waals surface area (Å²) in [5, 5.41) is 0. The Hall–Kier alpha value is -2.46. The van der Waals surface area contributed by atoms with Crippen molar-refractivity contribution < 1.29 is 9.69 Å². The summed E-state index contributed by atoms with van der Waals surface area (Å²) < 4.78 is 0. The van der Waals surface area contributed by atoms with Crippen LogP contribution in [0.15, 0.2) is 47.5 Å². The molecule has 0 spiro atoms. The predicted octanol–water partition coefficient (Wildman–Crippen LogP) is 3.04. The lowest BCUT2D eigenvalue weighted by Gasteiger charge is -2.31. The number of fused-ring (bicyclic) bond motifs is 1. The second-order valence-electron chi connectivity index (χ2n) is 8.17. The zero-order chi connectivity index (χ0) is 19.0. The topological polar surface area (TPSA) is 37.1 Å². The first-order valence-electron chi connectivity index (χ1n) is 9.93. The van der Waals surface area contributed by atoms with Crippen molar-refractivity contribution in [3.8, 4) is 0 Å². The van der Waals surface area contributed by atoms with Crippen LogP contribution in [0.1, 0.15) is 36.5 Å². The van der Waals surface area contributed by atoms with E-state index in [9.17, 15) is 4.79 Å². The van der Waals surface area contributed by atoms with E-state index in [2.05, 4.69) is 26.8 Å². The van der Waals surface area contributed by atoms with Gasteiger partial charge in [-0.15, -0.1) is 0 Å².